The Labute approximate surface area is 113 Å². The van der Waals surface area contributed by atoms with Crippen LogP contribution in [0.15, 0.2) is 12.3 Å². The molecule has 0 atom stereocenters. The van der Waals surface area contributed by atoms with Crippen LogP contribution in [0.3, 0.4) is 0 Å². The number of ether oxygens (including phenoxy) is 1. The summed E-state index contributed by atoms with van der Waals surface area (Å²) in [5, 5.41) is 11.9. The predicted octanol–water partition coefficient (Wildman–Crippen LogP) is 4.23. The minimum absolute atomic E-state index is 0.250. The van der Waals surface area contributed by atoms with E-state index in [0.29, 0.717) is 19.7 Å². The van der Waals surface area contributed by atoms with Gasteiger partial charge < -0.3 is 14.6 Å². The molecule has 0 unspecified atom stereocenters. The zero-order valence-corrected chi connectivity index (χ0v) is 12.5. The molecule has 108 valence electrons. The Balaban J connectivity index is 3.37. The summed E-state index contributed by atoms with van der Waals surface area (Å²) in [6, 6.07) is 0. The van der Waals surface area contributed by atoms with Gasteiger partial charge >= 0.3 is 0 Å². The third-order valence-corrected chi connectivity index (χ3v) is 3.30. The van der Waals surface area contributed by atoms with E-state index in [0.717, 1.165) is 13.0 Å². The van der Waals surface area contributed by atoms with E-state index < -0.39 is 0 Å². The third-order valence-electron chi connectivity index (χ3n) is 3.30. The Hall–Kier alpha value is -0.380. The highest BCUT2D eigenvalue weighted by Crippen LogP contribution is 2.06. The first-order valence-electron chi connectivity index (χ1n) is 7.51. The van der Waals surface area contributed by atoms with E-state index in [9.17, 15) is 5.21 Å². The van der Waals surface area contributed by atoms with Gasteiger partial charge in [0.15, 0.2) is 0 Å². The fourth-order valence-electron chi connectivity index (χ4n) is 1.81. The average molecular weight is 257 g/mol. The van der Waals surface area contributed by atoms with E-state index in [2.05, 4.69) is 6.92 Å². The Morgan fingerprint density at radius 3 is 2.17 bits per heavy atom. The second-order valence-electron chi connectivity index (χ2n) is 4.81. The second kappa shape index (κ2) is 11.7. The maximum Gasteiger partial charge on any atom is 0.0941 e. The van der Waals surface area contributed by atoms with Crippen LogP contribution in [0.25, 0.3) is 0 Å². The highest BCUT2D eigenvalue weighted by atomic mass is 16.5. The molecule has 0 radical (unpaired) electrons. The van der Waals surface area contributed by atoms with Crippen LogP contribution in [0.4, 0.5) is 0 Å². The topological polar surface area (TPSA) is 32.3 Å². The molecular formula is C15H31NO2. The van der Waals surface area contributed by atoms with Gasteiger partial charge in [-0.1, -0.05) is 39.0 Å². The number of nitrogens with zero attached hydrogens (tertiary/aromatic N) is 1. The lowest BCUT2D eigenvalue weighted by atomic mass is 10.1. The number of hydrogen-bond donors (Lipinski definition) is 0. The van der Waals surface area contributed by atoms with Crippen LogP contribution in [0.2, 0.25) is 0 Å². The van der Waals surface area contributed by atoms with E-state index in [1.54, 1.807) is 6.20 Å². The van der Waals surface area contributed by atoms with Crippen molar-refractivity contribution in [2.45, 2.75) is 59.3 Å². The van der Waals surface area contributed by atoms with Gasteiger partial charge in [-0.2, -0.15) is 0 Å². The maximum atomic E-state index is 11.9. The van der Waals surface area contributed by atoms with Crippen LogP contribution in [-0.2, 0) is 4.74 Å². The van der Waals surface area contributed by atoms with E-state index in [-0.39, 0.29) is 4.65 Å². The molecule has 0 N–H and O–H groups in total. The number of unbranched alkanes of at least 4 members (excludes halogenated alkanes) is 5. The molecule has 0 aliphatic rings. The van der Waals surface area contributed by atoms with Crippen LogP contribution in [-0.4, -0.2) is 30.9 Å². The molecule has 0 aromatic rings. The minimum Gasteiger partial charge on any atom is -0.628 e. The molecular weight excluding hydrogens is 226 g/mol. The normalized spacial score (nSPS) is 12.4. The summed E-state index contributed by atoms with van der Waals surface area (Å²) < 4.78 is 5.24. The van der Waals surface area contributed by atoms with E-state index in [4.69, 9.17) is 4.74 Å². The van der Waals surface area contributed by atoms with Gasteiger partial charge in [-0.3, -0.25) is 0 Å². The number of hydroxylamine groups is 3. The Kier molecular flexibility index (Phi) is 11.4. The van der Waals surface area contributed by atoms with Crippen molar-refractivity contribution in [3.63, 3.8) is 0 Å². The molecule has 0 spiro atoms. The van der Waals surface area contributed by atoms with Gasteiger partial charge in [-0.15, -0.1) is 0 Å². The molecule has 0 saturated heterocycles. The lowest BCUT2D eigenvalue weighted by Crippen LogP contribution is -2.35. The first-order chi connectivity index (χ1) is 8.68. The van der Waals surface area contributed by atoms with Crippen molar-refractivity contribution in [3.8, 4) is 0 Å². The summed E-state index contributed by atoms with van der Waals surface area (Å²) in [5.74, 6) is 0. The molecule has 0 amide bonds. The van der Waals surface area contributed by atoms with Gasteiger partial charge in [0.05, 0.1) is 25.9 Å². The largest absolute Gasteiger partial charge is 0.628 e. The minimum atomic E-state index is -0.250. The van der Waals surface area contributed by atoms with E-state index in [1.807, 2.05) is 19.9 Å². The van der Waals surface area contributed by atoms with Crippen molar-refractivity contribution in [2.24, 2.45) is 0 Å². The first kappa shape index (κ1) is 17.6. The lowest BCUT2D eigenvalue weighted by Gasteiger charge is -2.36. The third kappa shape index (κ3) is 9.63. The van der Waals surface area contributed by atoms with Gasteiger partial charge in [-0.05, 0) is 26.3 Å². The summed E-state index contributed by atoms with van der Waals surface area (Å²) in [7, 11) is 0. The highest BCUT2D eigenvalue weighted by molar-refractivity contribution is 4.74. The molecule has 0 rings (SSSR count). The molecule has 0 fully saturated rings. The molecule has 0 aliphatic carbocycles. The van der Waals surface area contributed by atoms with Crippen LogP contribution in [0, 0.1) is 5.21 Å². The zero-order valence-electron chi connectivity index (χ0n) is 12.5. The number of quaternary nitrogens is 1. The van der Waals surface area contributed by atoms with Gasteiger partial charge in [0.25, 0.3) is 0 Å². The molecule has 18 heavy (non-hydrogen) atoms. The summed E-state index contributed by atoms with van der Waals surface area (Å²) in [5.41, 5.74) is 0. The van der Waals surface area contributed by atoms with Gasteiger partial charge in [0.2, 0.25) is 0 Å². The fourth-order valence-corrected chi connectivity index (χ4v) is 1.81. The Morgan fingerprint density at radius 1 is 0.944 bits per heavy atom. The standard InChI is InChI=1S/C15H31NO2/c1-4-7-8-9-10-11-14-18-15-12-13-16(17,5-2)6-3/h12-13H,4-11,14-15H2,1-3H3/b13-12+. The molecule has 0 aromatic heterocycles. The van der Waals surface area contributed by atoms with Gasteiger partial charge in [0.1, 0.15) is 0 Å². The van der Waals surface area contributed by atoms with Crippen molar-refractivity contribution in [1.29, 1.82) is 0 Å². The fraction of sp³-hybridized carbons (Fsp3) is 0.867. The first-order valence-corrected chi connectivity index (χ1v) is 7.51. The summed E-state index contributed by atoms with van der Waals surface area (Å²) in [6.07, 6.45) is 11.3. The Bertz CT molecular complexity index is 201. The van der Waals surface area contributed by atoms with Crippen molar-refractivity contribution >= 4 is 0 Å². The van der Waals surface area contributed by atoms with E-state index >= 15 is 0 Å². The van der Waals surface area contributed by atoms with Crippen LogP contribution in [0.1, 0.15) is 59.3 Å². The van der Waals surface area contributed by atoms with Crippen LogP contribution in [0.5, 0.6) is 0 Å². The molecule has 0 heterocycles. The van der Waals surface area contributed by atoms with Gasteiger partial charge in [0, 0.05) is 6.61 Å². The van der Waals surface area contributed by atoms with Crippen molar-refractivity contribution < 1.29 is 9.38 Å². The molecule has 0 saturated carbocycles. The molecule has 3 heteroatoms. The average Bonchev–Trinajstić information content (AvgIpc) is 2.40. The molecule has 0 aliphatic heterocycles. The SMILES string of the molecule is CCCCCCCCOC/C=C/[N+]([O-])(CC)CC. The summed E-state index contributed by atoms with van der Waals surface area (Å²) in [4.78, 5) is 0. The number of rotatable bonds is 12. The Morgan fingerprint density at radius 2 is 1.56 bits per heavy atom. The van der Waals surface area contributed by atoms with Crippen molar-refractivity contribution in [2.75, 3.05) is 26.3 Å². The zero-order chi connectivity index (χ0) is 13.7. The van der Waals surface area contributed by atoms with Crippen molar-refractivity contribution in [3.05, 3.63) is 17.5 Å². The monoisotopic (exact) mass is 257 g/mol. The highest BCUT2D eigenvalue weighted by Gasteiger charge is 2.05. The van der Waals surface area contributed by atoms with Crippen LogP contribution < -0.4 is 0 Å². The number of hydrogen-bond acceptors (Lipinski definition) is 2. The van der Waals surface area contributed by atoms with E-state index in [1.165, 1.54) is 32.1 Å². The molecule has 0 bridgehead atoms. The van der Waals surface area contributed by atoms with Crippen molar-refractivity contribution in [1.82, 2.24) is 0 Å². The summed E-state index contributed by atoms with van der Waals surface area (Å²) >= 11 is 0. The smallest absolute Gasteiger partial charge is 0.0941 e. The maximum absolute atomic E-state index is 11.9. The van der Waals surface area contributed by atoms with Crippen LogP contribution >= 0.6 is 0 Å². The second-order valence-corrected chi connectivity index (χ2v) is 4.81. The lowest BCUT2D eigenvalue weighted by molar-refractivity contribution is -0.825. The predicted molar refractivity (Wildman–Crippen MR) is 78.0 cm³/mol. The molecule has 0 aromatic carbocycles. The summed E-state index contributed by atoms with van der Waals surface area (Å²) in [6.45, 7) is 8.62. The van der Waals surface area contributed by atoms with Gasteiger partial charge in [-0.25, -0.2) is 0 Å². The molecule has 3 nitrogen and oxygen atoms in total. The quantitative estimate of drug-likeness (QED) is 0.298.